The van der Waals surface area contributed by atoms with Gasteiger partial charge in [-0.15, -0.1) is 0 Å². The van der Waals surface area contributed by atoms with Crippen molar-refractivity contribution < 1.29 is 4.79 Å². The summed E-state index contributed by atoms with van der Waals surface area (Å²) in [6, 6.07) is 0. The zero-order valence-electron chi connectivity index (χ0n) is 6.96. The second-order valence-electron chi connectivity index (χ2n) is 3.36. The van der Waals surface area contributed by atoms with Crippen LogP contribution in [0.15, 0.2) is 12.5 Å². The number of hydrogen-bond donors (Lipinski definition) is 1. The summed E-state index contributed by atoms with van der Waals surface area (Å²) < 4.78 is 0. The van der Waals surface area contributed by atoms with E-state index in [0.29, 0.717) is 5.56 Å². The molecule has 0 radical (unpaired) electrons. The Kier molecular flexibility index (Phi) is 1.22. The van der Waals surface area contributed by atoms with E-state index < -0.39 is 0 Å². The lowest BCUT2D eigenvalue weighted by atomic mass is 10.0. The number of rotatable bonds is 0. The van der Waals surface area contributed by atoms with Crippen molar-refractivity contribution in [2.24, 2.45) is 0 Å². The molecule has 1 aliphatic heterocycles. The first kappa shape index (κ1) is 7.21. The van der Waals surface area contributed by atoms with E-state index in [9.17, 15) is 4.79 Å². The zero-order valence-corrected chi connectivity index (χ0v) is 6.96. The highest BCUT2D eigenvalue weighted by Crippen LogP contribution is 2.26. The Morgan fingerprint density at radius 3 is 2.92 bits per heavy atom. The lowest BCUT2D eigenvalue weighted by Gasteiger charge is -2.16. The summed E-state index contributed by atoms with van der Waals surface area (Å²) in [7, 11) is 0. The van der Waals surface area contributed by atoms with Crippen molar-refractivity contribution in [1.29, 1.82) is 0 Å². The smallest absolute Gasteiger partial charge is 0.255 e. The fraction of sp³-hybridized carbons (Fsp3) is 0.375. The van der Waals surface area contributed by atoms with Crippen molar-refractivity contribution in [3.05, 3.63) is 23.8 Å². The number of nitrogens with zero attached hydrogens (tertiary/aromatic N) is 2. The van der Waals surface area contributed by atoms with Gasteiger partial charge in [-0.1, -0.05) is 0 Å². The highest BCUT2D eigenvalue weighted by molar-refractivity contribution is 5.98. The third-order valence-corrected chi connectivity index (χ3v) is 1.97. The molecule has 0 saturated heterocycles. The van der Waals surface area contributed by atoms with Crippen molar-refractivity contribution in [3.8, 4) is 0 Å². The predicted octanol–water partition coefficient (Wildman–Crippen LogP) is 0.455. The molecule has 1 aromatic rings. The van der Waals surface area contributed by atoms with Crippen LogP contribution in [0.3, 0.4) is 0 Å². The summed E-state index contributed by atoms with van der Waals surface area (Å²) >= 11 is 0. The molecule has 4 heteroatoms. The fourth-order valence-corrected chi connectivity index (χ4v) is 1.40. The molecule has 62 valence electrons. The summed E-state index contributed by atoms with van der Waals surface area (Å²) in [6.07, 6.45) is 3.01. The van der Waals surface area contributed by atoms with Crippen LogP contribution in [0.1, 0.15) is 29.9 Å². The SMILES string of the molecule is CC1(C)NC(=O)c2cncnc21. The zero-order chi connectivity index (χ0) is 8.77. The number of fused-ring (bicyclic) bond motifs is 1. The average Bonchev–Trinajstić information content (AvgIpc) is 2.25. The van der Waals surface area contributed by atoms with Gasteiger partial charge >= 0.3 is 0 Å². The van der Waals surface area contributed by atoms with Crippen LogP contribution in [0.25, 0.3) is 0 Å². The molecule has 0 spiro atoms. The van der Waals surface area contributed by atoms with Crippen LogP contribution in [-0.2, 0) is 5.54 Å². The van der Waals surface area contributed by atoms with Gasteiger partial charge < -0.3 is 5.32 Å². The molecule has 2 rings (SSSR count). The van der Waals surface area contributed by atoms with Crippen molar-refractivity contribution in [2.75, 3.05) is 0 Å². The summed E-state index contributed by atoms with van der Waals surface area (Å²) in [5.74, 6) is -0.0874. The van der Waals surface area contributed by atoms with Crippen LogP contribution < -0.4 is 5.32 Å². The monoisotopic (exact) mass is 163 g/mol. The standard InChI is InChI=1S/C8H9N3O/c1-8(2)6-5(7(12)11-8)3-9-4-10-6/h3-4H,1-2H3,(H,11,12). The molecule has 1 aromatic heterocycles. The van der Waals surface area contributed by atoms with Gasteiger partial charge in [0.15, 0.2) is 0 Å². The Hall–Kier alpha value is -1.45. The molecule has 1 amide bonds. The third-order valence-electron chi connectivity index (χ3n) is 1.97. The van der Waals surface area contributed by atoms with Crippen molar-refractivity contribution >= 4 is 5.91 Å². The molecule has 4 nitrogen and oxygen atoms in total. The Morgan fingerprint density at radius 1 is 1.50 bits per heavy atom. The van der Waals surface area contributed by atoms with E-state index in [1.165, 1.54) is 6.33 Å². The molecule has 0 fully saturated rings. The molecule has 1 N–H and O–H groups in total. The molecule has 0 unspecified atom stereocenters. The lowest BCUT2D eigenvalue weighted by molar-refractivity contribution is 0.0940. The number of carbonyl (C=O) groups excluding carboxylic acids is 1. The maximum Gasteiger partial charge on any atom is 0.255 e. The number of carbonyl (C=O) groups is 1. The minimum atomic E-state index is -0.352. The van der Waals surface area contributed by atoms with E-state index in [1.54, 1.807) is 6.20 Å². The number of amides is 1. The highest BCUT2D eigenvalue weighted by atomic mass is 16.2. The first-order valence-corrected chi connectivity index (χ1v) is 3.74. The number of aromatic nitrogens is 2. The van der Waals surface area contributed by atoms with Crippen LogP contribution in [0.2, 0.25) is 0 Å². The Balaban J connectivity index is 2.66. The minimum absolute atomic E-state index is 0.0874. The third kappa shape index (κ3) is 0.809. The first-order valence-electron chi connectivity index (χ1n) is 3.74. The Morgan fingerprint density at radius 2 is 2.25 bits per heavy atom. The van der Waals surface area contributed by atoms with E-state index in [0.717, 1.165) is 5.69 Å². The molecule has 0 bridgehead atoms. The van der Waals surface area contributed by atoms with Crippen LogP contribution in [0, 0.1) is 0 Å². The molecule has 0 aromatic carbocycles. The maximum atomic E-state index is 11.3. The second kappa shape index (κ2) is 2.03. The summed E-state index contributed by atoms with van der Waals surface area (Å²) in [6.45, 7) is 3.84. The van der Waals surface area contributed by atoms with Gasteiger partial charge in [-0.25, -0.2) is 9.97 Å². The van der Waals surface area contributed by atoms with Gasteiger partial charge in [0.25, 0.3) is 5.91 Å². The van der Waals surface area contributed by atoms with Gasteiger partial charge in [-0.3, -0.25) is 4.79 Å². The summed E-state index contributed by atoms with van der Waals surface area (Å²) in [5.41, 5.74) is 1.01. The molecule has 12 heavy (non-hydrogen) atoms. The lowest BCUT2D eigenvalue weighted by Crippen LogP contribution is -2.33. The number of nitrogens with one attached hydrogen (secondary N) is 1. The van der Waals surface area contributed by atoms with Gasteiger partial charge in [0.05, 0.1) is 16.8 Å². The highest BCUT2D eigenvalue weighted by Gasteiger charge is 2.36. The van der Waals surface area contributed by atoms with Crippen molar-refractivity contribution in [1.82, 2.24) is 15.3 Å². The Bertz CT molecular complexity index is 346. The quantitative estimate of drug-likeness (QED) is 0.604. The van der Waals surface area contributed by atoms with Crippen LogP contribution in [0.5, 0.6) is 0 Å². The van der Waals surface area contributed by atoms with E-state index in [-0.39, 0.29) is 11.4 Å². The molecule has 1 aliphatic rings. The first-order chi connectivity index (χ1) is 5.61. The molecule has 0 atom stereocenters. The molecular formula is C8H9N3O. The Labute approximate surface area is 70.0 Å². The van der Waals surface area contributed by atoms with E-state index in [4.69, 9.17) is 0 Å². The molecule has 0 aliphatic carbocycles. The summed E-state index contributed by atoms with van der Waals surface area (Å²) in [5, 5.41) is 2.82. The van der Waals surface area contributed by atoms with Crippen molar-refractivity contribution in [3.63, 3.8) is 0 Å². The van der Waals surface area contributed by atoms with Crippen LogP contribution >= 0.6 is 0 Å². The topological polar surface area (TPSA) is 54.9 Å². The minimum Gasteiger partial charge on any atom is -0.341 e. The molecular weight excluding hydrogens is 154 g/mol. The van der Waals surface area contributed by atoms with Gasteiger partial charge in [-0.05, 0) is 13.8 Å². The number of hydrogen-bond acceptors (Lipinski definition) is 3. The fourth-order valence-electron chi connectivity index (χ4n) is 1.40. The van der Waals surface area contributed by atoms with Gasteiger partial charge in [0.1, 0.15) is 6.33 Å². The summed E-state index contributed by atoms with van der Waals surface area (Å²) in [4.78, 5) is 19.2. The van der Waals surface area contributed by atoms with Crippen molar-refractivity contribution in [2.45, 2.75) is 19.4 Å². The van der Waals surface area contributed by atoms with Gasteiger partial charge in [-0.2, -0.15) is 0 Å². The maximum absolute atomic E-state index is 11.3. The van der Waals surface area contributed by atoms with Crippen LogP contribution in [0.4, 0.5) is 0 Å². The average molecular weight is 163 g/mol. The van der Waals surface area contributed by atoms with Gasteiger partial charge in [0, 0.05) is 6.20 Å². The largest absolute Gasteiger partial charge is 0.341 e. The van der Waals surface area contributed by atoms with Crippen LogP contribution in [-0.4, -0.2) is 15.9 Å². The normalized spacial score (nSPS) is 18.7. The van der Waals surface area contributed by atoms with E-state index in [1.807, 2.05) is 13.8 Å². The second-order valence-corrected chi connectivity index (χ2v) is 3.36. The molecule has 0 saturated carbocycles. The van der Waals surface area contributed by atoms with Gasteiger partial charge in [0.2, 0.25) is 0 Å². The predicted molar refractivity (Wildman–Crippen MR) is 42.5 cm³/mol. The van der Waals surface area contributed by atoms with E-state index in [2.05, 4.69) is 15.3 Å². The molecule has 2 heterocycles. The van der Waals surface area contributed by atoms with E-state index >= 15 is 0 Å².